The van der Waals surface area contributed by atoms with Gasteiger partial charge in [-0.1, -0.05) is 0 Å². The molecule has 0 spiro atoms. The molecule has 3 heteroatoms. The number of rotatable bonds is 1. The number of hydrogen-bond acceptors (Lipinski definition) is 1. The normalized spacial score (nSPS) is 27.7. The maximum Gasteiger partial charge on any atom is 0.224 e. The zero-order valence-electron chi connectivity index (χ0n) is 5.19. The van der Waals surface area contributed by atoms with Gasteiger partial charge in [-0.05, 0) is 12.8 Å². The fourth-order valence-corrected chi connectivity index (χ4v) is 1.28. The van der Waals surface area contributed by atoms with Gasteiger partial charge in [0.05, 0.1) is 5.92 Å². The molecule has 1 fully saturated rings. The lowest BCUT2D eigenvalue weighted by Gasteiger charge is -2.18. The summed E-state index contributed by atoms with van der Waals surface area (Å²) >= 11 is 5.51. The Bertz CT molecular complexity index is 116. The van der Waals surface area contributed by atoms with E-state index in [0.717, 1.165) is 19.4 Å². The van der Waals surface area contributed by atoms with Gasteiger partial charge < -0.3 is 5.32 Å². The molecule has 52 valence electrons. The Morgan fingerprint density at radius 2 is 2.56 bits per heavy atom. The van der Waals surface area contributed by atoms with Gasteiger partial charge in [-0.25, -0.2) is 0 Å². The van der Waals surface area contributed by atoms with Crippen LogP contribution in [0, 0.1) is 5.92 Å². The Morgan fingerprint density at radius 3 is 3.00 bits per heavy atom. The fourth-order valence-electron chi connectivity index (χ4n) is 0.983. The van der Waals surface area contributed by atoms with Crippen LogP contribution in [0.25, 0.3) is 0 Å². The number of carbonyl (C=O) groups excluding carboxylic acids is 1. The van der Waals surface area contributed by atoms with Crippen LogP contribution < -0.4 is 5.32 Å². The molecule has 1 N–H and O–H groups in total. The first-order valence-electron chi connectivity index (χ1n) is 3.18. The molecule has 1 aliphatic heterocycles. The summed E-state index contributed by atoms with van der Waals surface area (Å²) in [7, 11) is 0. The van der Waals surface area contributed by atoms with Gasteiger partial charge in [0.15, 0.2) is 0 Å². The second kappa shape index (κ2) is 3.06. The molecule has 1 unspecified atom stereocenters. The van der Waals surface area contributed by atoms with Crippen molar-refractivity contribution in [1.82, 2.24) is 5.32 Å². The molecule has 0 aliphatic carbocycles. The Labute approximate surface area is 59.6 Å². The quantitative estimate of drug-likeness (QED) is 0.545. The number of nitrogens with one attached hydrogen (secondary N) is 1. The van der Waals surface area contributed by atoms with Crippen molar-refractivity contribution in [1.29, 1.82) is 0 Å². The van der Waals surface area contributed by atoms with Gasteiger partial charge in [0.25, 0.3) is 0 Å². The molecule has 0 saturated carbocycles. The summed E-state index contributed by atoms with van der Waals surface area (Å²) in [5.74, 6) is 0.655. The first-order chi connectivity index (χ1) is 4.34. The first kappa shape index (κ1) is 6.87. The van der Waals surface area contributed by atoms with Crippen molar-refractivity contribution >= 4 is 17.5 Å². The maximum absolute atomic E-state index is 10.8. The van der Waals surface area contributed by atoms with E-state index >= 15 is 0 Å². The van der Waals surface area contributed by atoms with Crippen LogP contribution in [0.1, 0.15) is 12.8 Å². The third kappa shape index (κ3) is 1.58. The first-order valence-corrected chi connectivity index (χ1v) is 3.71. The highest BCUT2D eigenvalue weighted by Crippen LogP contribution is 2.11. The van der Waals surface area contributed by atoms with Crippen LogP contribution in [0.15, 0.2) is 0 Å². The highest BCUT2D eigenvalue weighted by atomic mass is 35.5. The molecule has 1 heterocycles. The molecular weight excluding hydrogens is 138 g/mol. The Hall–Kier alpha value is -0.240. The molecule has 1 amide bonds. The lowest BCUT2D eigenvalue weighted by molar-refractivity contribution is -0.125. The van der Waals surface area contributed by atoms with Gasteiger partial charge in [0, 0.05) is 12.4 Å². The van der Waals surface area contributed by atoms with E-state index in [0.29, 0.717) is 5.88 Å². The van der Waals surface area contributed by atoms with E-state index in [1.54, 1.807) is 0 Å². The largest absolute Gasteiger partial charge is 0.356 e. The maximum atomic E-state index is 10.8. The molecule has 0 aromatic rings. The minimum Gasteiger partial charge on any atom is -0.356 e. The number of amides is 1. The average Bonchev–Trinajstić information content (AvgIpc) is 1.89. The summed E-state index contributed by atoms with van der Waals surface area (Å²) < 4.78 is 0. The van der Waals surface area contributed by atoms with Crippen LogP contribution in [0.3, 0.4) is 0 Å². The van der Waals surface area contributed by atoms with E-state index < -0.39 is 0 Å². The summed E-state index contributed by atoms with van der Waals surface area (Å²) in [5, 5.41) is 2.76. The van der Waals surface area contributed by atoms with Crippen LogP contribution in [0.4, 0.5) is 0 Å². The second-order valence-electron chi connectivity index (χ2n) is 2.28. The number of carbonyl (C=O) groups is 1. The molecule has 2 nitrogen and oxygen atoms in total. The molecule has 9 heavy (non-hydrogen) atoms. The van der Waals surface area contributed by atoms with E-state index in [1.165, 1.54) is 0 Å². The minimum absolute atomic E-state index is 0.0698. The van der Waals surface area contributed by atoms with Gasteiger partial charge in [0.2, 0.25) is 5.91 Å². The number of alkyl halides is 1. The third-order valence-electron chi connectivity index (χ3n) is 1.59. The third-order valence-corrected chi connectivity index (χ3v) is 1.96. The summed E-state index contributed by atoms with van der Waals surface area (Å²) in [4.78, 5) is 10.8. The average molecular weight is 148 g/mol. The highest BCUT2D eigenvalue weighted by Gasteiger charge is 2.19. The number of halogens is 1. The molecule has 1 aliphatic rings. The van der Waals surface area contributed by atoms with Crippen molar-refractivity contribution in [3.05, 3.63) is 0 Å². The number of piperidine rings is 1. The van der Waals surface area contributed by atoms with Gasteiger partial charge >= 0.3 is 0 Å². The van der Waals surface area contributed by atoms with Crippen molar-refractivity contribution in [2.24, 2.45) is 5.92 Å². The van der Waals surface area contributed by atoms with Gasteiger partial charge in [-0.2, -0.15) is 0 Å². The second-order valence-corrected chi connectivity index (χ2v) is 2.59. The van der Waals surface area contributed by atoms with E-state index in [9.17, 15) is 4.79 Å². The summed E-state index contributed by atoms with van der Waals surface area (Å²) in [6.07, 6.45) is 2.03. The van der Waals surface area contributed by atoms with Crippen molar-refractivity contribution in [2.45, 2.75) is 12.8 Å². The molecule has 1 saturated heterocycles. The van der Waals surface area contributed by atoms with Crippen LogP contribution >= 0.6 is 11.6 Å². The van der Waals surface area contributed by atoms with Crippen LogP contribution in [-0.2, 0) is 4.79 Å². The van der Waals surface area contributed by atoms with Crippen molar-refractivity contribution in [2.75, 3.05) is 12.4 Å². The van der Waals surface area contributed by atoms with E-state index in [2.05, 4.69) is 5.32 Å². The molecule has 1 atom stereocenters. The fraction of sp³-hybridized carbons (Fsp3) is 0.833. The zero-order chi connectivity index (χ0) is 6.69. The predicted octanol–water partition coefficient (Wildman–Crippen LogP) is 0.751. The minimum atomic E-state index is 0.0698. The zero-order valence-corrected chi connectivity index (χ0v) is 5.95. The Morgan fingerprint density at radius 1 is 1.78 bits per heavy atom. The smallest absolute Gasteiger partial charge is 0.224 e. The lowest BCUT2D eigenvalue weighted by atomic mass is 10.0. The van der Waals surface area contributed by atoms with Crippen molar-refractivity contribution in [3.63, 3.8) is 0 Å². The van der Waals surface area contributed by atoms with E-state index in [1.807, 2.05) is 0 Å². The topological polar surface area (TPSA) is 29.1 Å². The van der Waals surface area contributed by atoms with Gasteiger partial charge in [-0.15, -0.1) is 11.6 Å². The summed E-state index contributed by atoms with van der Waals surface area (Å²) in [5.41, 5.74) is 0. The Balaban J connectivity index is 2.39. The van der Waals surface area contributed by atoms with E-state index in [4.69, 9.17) is 11.6 Å². The molecule has 0 radical (unpaired) electrons. The number of hydrogen-bond donors (Lipinski definition) is 1. The molecule has 0 bridgehead atoms. The van der Waals surface area contributed by atoms with Gasteiger partial charge in [-0.3, -0.25) is 4.79 Å². The summed E-state index contributed by atoms with van der Waals surface area (Å²) in [6, 6.07) is 0. The van der Waals surface area contributed by atoms with E-state index in [-0.39, 0.29) is 11.8 Å². The molecule has 1 rings (SSSR count). The lowest BCUT2D eigenvalue weighted by Crippen LogP contribution is -2.37. The van der Waals surface area contributed by atoms with Crippen molar-refractivity contribution < 1.29 is 4.79 Å². The van der Waals surface area contributed by atoms with Crippen LogP contribution in [0.5, 0.6) is 0 Å². The predicted molar refractivity (Wildman–Crippen MR) is 36.5 cm³/mol. The molecular formula is C6H10ClNO. The molecule has 0 aromatic carbocycles. The standard InChI is InChI=1S/C6H10ClNO/c7-4-5-2-1-3-8-6(5)9/h5H,1-4H2,(H,8,9). The monoisotopic (exact) mass is 147 g/mol. The molecule has 0 aromatic heterocycles. The van der Waals surface area contributed by atoms with Crippen LogP contribution in [0.2, 0.25) is 0 Å². The van der Waals surface area contributed by atoms with Crippen LogP contribution in [-0.4, -0.2) is 18.3 Å². The highest BCUT2D eigenvalue weighted by molar-refractivity contribution is 6.19. The Kier molecular flexibility index (Phi) is 2.34. The SMILES string of the molecule is O=C1NCCCC1CCl. The van der Waals surface area contributed by atoms with Crippen molar-refractivity contribution in [3.8, 4) is 0 Å². The summed E-state index contributed by atoms with van der Waals surface area (Å²) in [6.45, 7) is 0.826. The van der Waals surface area contributed by atoms with Gasteiger partial charge in [0.1, 0.15) is 0 Å².